The highest BCUT2D eigenvalue weighted by molar-refractivity contribution is 5.96. The van der Waals surface area contributed by atoms with E-state index in [4.69, 9.17) is 5.73 Å². The Balaban J connectivity index is 1.68. The number of aromatic nitrogens is 1. The topological polar surface area (TPSA) is 112 Å². The first-order chi connectivity index (χ1) is 13.8. The molecule has 2 heterocycles. The second-order valence-corrected chi connectivity index (χ2v) is 8.54. The van der Waals surface area contributed by atoms with Gasteiger partial charge < -0.3 is 20.3 Å². The number of alkyl halides is 1. The number of nitrogens with two attached hydrogens (primary N) is 1. The predicted molar refractivity (Wildman–Crippen MR) is 105 cm³/mol. The molecule has 2 saturated carbocycles. The van der Waals surface area contributed by atoms with Crippen LogP contribution in [-0.2, 0) is 0 Å². The van der Waals surface area contributed by atoms with E-state index in [0.29, 0.717) is 17.1 Å². The molecule has 7 nitrogen and oxygen atoms in total. The first-order valence-corrected chi connectivity index (χ1v) is 9.87. The van der Waals surface area contributed by atoms with Gasteiger partial charge in [-0.1, -0.05) is 0 Å². The average molecular weight is 396 g/mol. The Hall–Kier alpha value is -2.92. The van der Waals surface area contributed by atoms with Gasteiger partial charge in [-0.3, -0.25) is 4.79 Å². The lowest BCUT2D eigenvalue weighted by molar-refractivity contribution is 0.0694. The largest absolute Gasteiger partial charge is 0.477 e. The molecule has 5 rings (SSSR count). The van der Waals surface area contributed by atoms with Crippen molar-refractivity contribution in [2.24, 2.45) is 11.7 Å². The molecule has 29 heavy (non-hydrogen) atoms. The summed E-state index contributed by atoms with van der Waals surface area (Å²) in [6.07, 6.45) is 3.30. The van der Waals surface area contributed by atoms with Crippen molar-refractivity contribution in [2.75, 3.05) is 18.0 Å². The summed E-state index contributed by atoms with van der Waals surface area (Å²) in [5.41, 5.74) is 6.51. The van der Waals surface area contributed by atoms with Gasteiger partial charge in [-0.05, 0) is 37.3 Å². The summed E-state index contributed by atoms with van der Waals surface area (Å²) in [7, 11) is 0. The smallest absolute Gasteiger partial charge is 0.341 e. The van der Waals surface area contributed by atoms with E-state index < -0.39 is 29.2 Å². The molecule has 1 aromatic heterocycles. The van der Waals surface area contributed by atoms with Gasteiger partial charge in [0.25, 0.3) is 0 Å². The van der Waals surface area contributed by atoms with Crippen LogP contribution in [-0.4, -0.2) is 40.4 Å². The number of rotatable bonds is 4. The van der Waals surface area contributed by atoms with Crippen molar-refractivity contribution in [1.29, 1.82) is 5.26 Å². The van der Waals surface area contributed by atoms with Crippen LogP contribution in [0.25, 0.3) is 10.9 Å². The van der Waals surface area contributed by atoms with Gasteiger partial charge in [0.05, 0.1) is 22.8 Å². The summed E-state index contributed by atoms with van der Waals surface area (Å²) in [6.45, 7) is 1.50. The first-order valence-electron chi connectivity index (χ1n) is 9.87. The highest BCUT2D eigenvalue weighted by atomic mass is 19.1. The highest BCUT2D eigenvalue weighted by Gasteiger charge is 2.48. The van der Waals surface area contributed by atoms with Gasteiger partial charge >= 0.3 is 5.97 Å². The zero-order valence-electron chi connectivity index (χ0n) is 15.8. The van der Waals surface area contributed by atoms with E-state index in [1.165, 1.54) is 10.8 Å². The van der Waals surface area contributed by atoms with Crippen LogP contribution in [0.1, 0.15) is 47.6 Å². The minimum absolute atomic E-state index is 0.105. The minimum atomic E-state index is -1.36. The molecule has 0 radical (unpaired) electrons. The number of pyridine rings is 1. The van der Waals surface area contributed by atoms with Gasteiger partial charge in [0, 0.05) is 36.6 Å². The van der Waals surface area contributed by atoms with Crippen LogP contribution in [0, 0.1) is 17.2 Å². The molecular formula is C21H21FN4O3. The third-order valence-corrected chi connectivity index (χ3v) is 6.72. The standard InChI is InChI=1S/C21H21FN4O3/c22-15-7-17(15)26-10-14(20(28)29)19(27)12-1-2-16(13(8-23)18(12)26)25-6-3-11(9-25)21(24)4-5-21/h1-2,10-11,15,17H,3-7,9,24H2,(H,28,29). The molecule has 2 aromatic rings. The number of hydrogen-bond acceptors (Lipinski definition) is 5. The number of aromatic carboxylic acids is 1. The number of hydrogen-bond donors (Lipinski definition) is 2. The van der Waals surface area contributed by atoms with Gasteiger partial charge in [0.15, 0.2) is 0 Å². The van der Waals surface area contributed by atoms with E-state index >= 15 is 0 Å². The normalized spacial score (nSPS) is 27.1. The molecule has 0 bridgehead atoms. The lowest BCUT2D eigenvalue weighted by atomic mass is 9.97. The Morgan fingerprint density at radius 3 is 2.69 bits per heavy atom. The number of carboxylic acids is 1. The fourth-order valence-electron chi connectivity index (χ4n) is 4.67. The molecule has 3 fully saturated rings. The van der Waals surface area contributed by atoms with Crippen molar-refractivity contribution in [3.05, 3.63) is 39.7 Å². The van der Waals surface area contributed by atoms with Gasteiger partial charge in [-0.15, -0.1) is 0 Å². The number of benzene rings is 1. The zero-order chi connectivity index (χ0) is 20.5. The molecule has 0 amide bonds. The number of anilines is 1. The van der Waals surface area contributed by atoms with Crippen molar-refractivity contribution < 1.29 is 14.3 Å². The van der Waals surface area contributed by atoms with Crippen molar-refractivity contribution in [2.45, 2.75) is 43.4 Å². The zero-order valence-corrected chi connectivity index (χ0v) is 15.8. The Bertz CT molecular complexity index is 1150. The number of carbonyl (C=O) groups is 1. The van der Waals surface area contributed by atoms with Gasteiger partial charge in [0.2, 0.25) is 5.43 Å². The van der Waals surface area contributed by atoms with E-state index in [1.807, 2.05) is 0 Å². The Morgan fingerprint density at radius 2 is 2.10 bits per heavy atom. The number of nitriles is 1. The van der Waals surface area contributed by atoms with Crippen LogP contribution in [0.3, 0.4) is 0 Å². The molecule has 3 unspecified atom stereocenters. The summed E-state index contributed by atoms with van der Waals surface area (Å²) >= 11 is 0. The molecule has 150 valence electrons. The van der Waals surface area contributed by atoms with Gasteiger partial charge in [-0.25, -0.2) is 9.18 Å². The van der Waals surface area contributed by atoms with E-state index in [2.05, 4.69) is 11.0 Å². The lowest BCUT2D eigenvalue weighted by Gasteiger charge is -2.24. The van der Waals surface area contributed by atoms with Gasteiger partial charge in [0.1, 0.15) is 17.8 Å². The molecule has 1 aromatic carbocycles. The molecule has 0 spiro atoms. The third-order valence-electron chi connectivity index (χ3n) is 6.72. The van der Waals surface area contributed by atoms with Crippen LogP contribution >= 0.6 is 0 Å². The van der Waals surface area contributed by atoms with E-state index in [9.17, 15) is 24.3 Å². The van der Waals surface area contributed by atoms with E-state index in [-0.39, 0.29) is 22.9 Å². The minimum Gasteiger partial charge on any atom is -0.477 e. The molecule has 3 atom stereocenters. The Kier molecular flexibility index (Phi) is 3.77. The van der Waals surface area contributed by atoms with Crippen LogP contribution in [0.5, 0.6) is 0 Å². The predicted octanol–water partition coefficient (Wildman–Crippen LogP) is 2.17. The van der Waals surface area contributed by atoms with Crippen molar-refractivity contribution in [1.82, 2.24) is 4.57 Å². The second kappa shape index (κ2) is 6.04. The molecule has 1 aliphatic heterocycles. The fourth-order valence-corrected chi connectivity index (χ4v) is 4.67. The molecule has 8 heteroatoms. The lowest BCUT2D eigenvalue weighted by Crippen LogP contribution is -2.34. The molecule has 2 aliphatic carbocycles. The quantitative estimate of drug-likeness (QED) is 0.819. The summed E-state index contributed by atoms with van der Waals surface area (Å²) in [5.74, 6) is -0.996. The van der Waals surface area contributed by atoms with Crippen molar-refractivity contribution in [3.63, 3.8) is 0 Å². The maximum Gasteiger partial charge on any atom is 0.341 e. The maximum absolute atomic E-state index is 13.9. The van der Waals surface area contributed by atoms with Crippen molar-refractivity contribution >= 4 is 22.6 Å². The molecular weight excluding hydrogens is 375 g/mol. The number of nitrogens with zero attached hydrogens (tertiary/aromatic N) is 3. The van der Waals surface area contributed by atoms with Crippen molar-refractivity contribution in [3.8, 4) is 6.07 Å². The van der Waals surface area contributed by atoms with Crippen LogP contribution < -0.4 is 16.1 Å². The summed E-state index contributed by atoms with van der Waals surface area (Å²) < 4.78 is 15.4. The van der Waals surface area contributed by atoms with Crippen LogP contribution in [0.4, 0.5) is 10.1 Å². The SMILES string of the molecule is N#Cc1c(N2CCC(C3(N)CC3)C2)ccc2c(=O)c(C(=O)O)cn(C3CC3F)c12. The average Bonchev–Trinajstić information content (AvgIpc) is 3.56. The Morgan fingerprint density at radius 1 is 1.38 bits per heavy atom. The monoisotopic (exact) mass is 396 g/mol. The third kappa shape index (κ3) is 2.72. The van der Waals surface area contributed by atoms with Crippen LogP contribution in [0.15, 0.2) is 23.1 Å². The summed E-state index contributed by atoms with van der Waals surface area (Å²) in [4.78, 5) is 26.3. The molecule has 1 saturated heterocycles. The van der Waals surface area contributed by atoms with E-state index in [1.54, 1.807) is 12.1 Å². The maximum atomic E-state index is 13.9. The Labute approximate surface area is 166 Å². The summed E-state index contributed by atoms with van der Waals surface area (Å²) in [6, 6.07) is 4.91. The van der Waals surface area contributed by atoms with Crippen LogP contribution in [0.2, 0.25) is 0 Å². The van der Waals surface area contributed by atoms with Gasteiger partial charge in [-0.2, -0.15) is 5.26 Å². The number of fused-ring (bicyclic) bond motifs is 1. The summed E-state index contributed by atoms with van der Waals surface area (Å²) in [5, 5.41) is 19.5. The molecule has 3 aliphatic rings. The highest BCUT2D eigenvalue weighted by Crippen LogP contribution is 2.46. The first kappa shape index (κ1) is 18.1. The molecule has 3 N–H and O–H groups in total. The second-order valence-electron chi connectivity index (χ2n) is 8.54. The number of carboxylic acid groups (broad SMARTS) is 1. The number of halogens is 1. The fraction of sp³-hybridized carbons (Fsp3) is 0.476. The van der Waals surface area contributed by atoms with E-state index in [0.717, 1.165) is 32.4 Å².